The molecular formula is C13H22O. The van der Waals surface area contributed by atoms with Gasteiger partial charge in [-0.25, -0.2) is 0 Å². The third-order valence-electron chi connectivity index (χ3n) is 2.50. The second-order valence-electron chi connectivity index (χ2n) is 3.94. The van der Waals surface area contributed by atoms with Crippen LogP contribution in [0.3, 0.4) is 0 Å². The van der Waals surface area contributed by atoms with Crippen molar-refractivity contribution in [2.75, 3.05) is 0 Å². The Kier molecular flexibility index (Phi) is 6.18. The third-order valence-corrected chi connectivity index (χ3v) is 2.50. The molecule has 0 radical (unpaired) electrons. The Bertz CT molecular complexity index is 246. The van der Waals surface area contributed by atoms with Crippen LogP contribution in [0.25, 0.3) is 0 Å². The van der Waals surface area contributed by atoms with Crippen molar-refractivity contribution in [1.82, 2.24) is 0 Å². The normalized spacial score (nSPS) is 15.5. The van der Waals surface area contributed by atoms with Crippen LogP contribution in [-0.4, -0.2) is 5.78 Å². The summed E-state index contributed by atoms with van der Waals surface area (Å²) < 4.78 is 0. The van der Waals surface area contributed by atoms with E-state index in [1.54, 1.807) is 6.08 Å². The fourth-order valence-corrected chi connectivity index (χ4v) is 1.07. The Morgan fingerprint density at radius 3 is 2.29 bits per heavy atom. The number of ketones is 1. The Labute approximate surface area is 87.9 Å². The molecule has 0 saturated heterocycles. The SMILES string of the molecule is CCC(C)=CC(=O)/C(C)=C\C(C)CC. The molecule has 1 nitrogen and oxygen atoms in total. The maximum absolute atomic E-state index is 11.6. The maximum atomic E-state index is 11.6. The number of allylic oxidation sites excluding steroid dienone is 4. The van der Waals surface area contributed by atoms with E-state index in [-0.39, 0.29) is 5.78 Å². The van der Waals surface area contributed by atoms with Gasteiger partial charge in [0.2, 0.25) is 0 Å². The molecule has 80 valence electrons. The second kappa shape index (κ2) is 6.58. The van der Waals surface area contributed by atoms with E-state index in [1.807, 2.05) is 13.8 Å². The van der Waals surface area contributed by atoms with Gasteiger partial charge in [0.05, 0.1) is 0 Å². The summed E-state index contributed by atoms with van der Waals surface area (Å²) in [6, 6.07) is 0. The van der Waals surface area contributed by atoms with Gasteiger partial charge in [-0.15, -0.1) is 0 Å². The Morgan fingerprint density at radius 1 is 1.29 bits per heavy atom. The number of carbonyl (C=O) groups is 1. The highest BCUT2D eigenvalue weighted by Gasteiger charge is 2.02. The summed E-state index contributed by atoms with van der Waals surface area (Å²) in [5, 5.41) is 0. The van der Waals surface area contributed by atoms with Crippen molar-refractivity contribution in [3.8, 4) is 0 Å². The highest BCUT2D eigenvalue weighted by atomic mass is 16.1. The average Bonchev–Trinajstić information content (AvgIpc) is 2.17. The average molecular weight is 194 g/mol. The Balaban J connectivity index is 4.47. The molecule has 1 unspecified atom stereocenters. The minimum Gasteiger partial charge on any atom is -0.290 e. The zero-order valence-corrected chi connectivity index (χ0v) is 10.1. The Hall–Kier alpha value is -0.850. The van der Waals surface area contributed by atoms with Crippen molar-refractivity contribution in [2.24, 2.45) is 5.92 Å². The van der Waals surface area contributed by atoms with E-state index >= 15 is 0 Å². The minimum absolute atomic E-state index is 0.157. The number of hydrogen-bond donors (Lipinski definition) is 0. The van der Waals surface area contributed by atoms with Crippen molar-refractivity contribution in [3.05, 3.63) is 23.3 Å². The molecule has 0 aliphatic rings. The van der Waals surface area contributed by atoms with Gasteiger partial charge < -0.3 is 0 Å². The first-order valence-corrected chi connectivity index (χ1v) is 5.41. The van der Waals surface area contributed by atoms with Crippen LogP contribution in [0, 0.1) is 5.92 Å². The first-order chi connectivity index (χ1) is 6.51. The highest BCUT2D eigenvalue weighted by Crippen LogP contribution is 2.09. The van der Waals surface area contributed by atoms with Crippen molar-refractivity contribution in [2.45, 2.75) is 47.5 Å². The predicted octanol–water partition coefficient (Wildman–Crippen LogP) is 3.90. The Morgan fingerprint density at radius 2 is 1.86 bits per heavy atom. The second-order valence-corrected chi connectivity index (χ2v) is 3.94. The summed E-state index contributed by atoms with van der Waals surface area (Å²) in [4.78, 5) is 11.6. The van der Waals surface area contributed by atoms with E-state index in [4.69, 9.17) is 0 Å². The molecule has 0 aliphatic carbocycles. The zero-order chi connectivity index (χ0) is 11.1. The summed E-state index contributed by atoms with van der Waals surface area (Å²) in [7, 11) is 0. The molecule has 0 aromatic rings. The van der Waals surface area contributed by atoms with Crippen LogP contribution < -0.4 is 0 Å². The molecule has 0 spiro atoms. The summed E-state index contributed by atoms with van der Waals surface area (Å²) in [6.45, 7) is 10.2. The zero-order valence-electron chi connectivity index (χ0n) is 10.1. The molecule has 14 heavy (non-hydrogen) atoms. The van der Waals surface area contributed by atoms with Crippen LogP contribution in [0.1, 0.15) is 47.5 Å². The van der Waals surface area contributed by atoms with Crippen LogP contribution in [0.4, 0.5) is 0 Å². The molecular weight excluding hydrogens is 172 g/mol. The molecule has 1 heteroatoms. The van der Waals surface area contributed by atoms with Crippen molar-refractivity contribution >= 4 is 5.78 Å². The summed E-state index contributed by atoms with van der Waals surface area (Å²) in [5.74, 6) is 0.652. The summed E-state index contributed by atoms with van der Waals surface area (Å²) in [6.07, 6.45) is 5.83. The van der Waals surface area contributed by atoms with Gasteiger partial charge in [-0.05, 0) is 37.8 Å². The van der Waals surface area contributed by atoms with E-state index in [9.17, 15) is 4.79 Å². The van der Waals surface area contributed by atoms with Crippen LogP contribution >= 0.6 is 0 Å². The van der Waals surface area contributed by atoms with E-state index in [1.165, 1.54) is 0 Å². The summed E-state index contributed by atoms with van der Waals surface area (Å²) >= 11 is 0. The molecule has 1 atom stereocenters. The molecule has 0 fully saturated rings. The van der Waals surface area contributed by atoms with E-state index in [0.717, 1.165) is 24.0 Å². The highest BCUT2D eigenvalue weighted by molar-refractivity contribution is 6.03. The van der Waals surface area contributed by atoms with Gasteiger partial charge in [0.1, 0.15) is 0 Å². The van der Waals surface area contributed by atoms with E-state index < -0.39 is 0 Å². The molecule has 0 heterocycles. The quantitative estimate of drug-likeness (QED) is 0.606. The van der Waals surface area contributed by atoms with Crippen LogP contribution in [0.5, 0.6) is 0 Å². The lowest BCUT2D eigenvalue weighted by Crippen LogP contribution is -1.98. The van der Waals surface area contributed by atoms with Gasteiger partial charge in [0, 0.05) is 0 Å². The van der Waals surface area contributed by atoms with Gasteiger partial charge in [0.15, 0.2) is 5.78 Å². The minimum atomic E-state index is 0.157. The van der Waals surface area contributed by atoms with Crippen molar-refractivity contribution < 1.29 is 4.79 Å². The molecule has 0 saturated carbocycles. The lowest BCUT2D eigenvalue weighted by molar-refractivity contribution is -0.111. The van der Waals surface area contributed by atoms with E-state index in [2.05, 4.69) is 26.8 Å². The number of hydrogen-bond acceptors (Lipinski definition) is 1. The standard InChI is InChI=1S/C13H22O/c1-6-10(3)8-12(5)13(14)9-11(4)7-2/h8-10H,6-7H2,1-5H3/b11-9?,12-8-. The fourth-order valence-electron chi connectivity index (χ4n) is 1.07. The maximum Gasteiger partial charge on any atom is 0.181 e. The smallest absolute Gasteiger partial charge is 0.181 e. The third kappa shape index (κ3) is 5.00. The molecule has 0 aliphatic heterocycles. The van der Waals surface area contributed by atoms with Gasteiger partial charge >= 0.3 is 0 Å². The first kappa shape index (κ1) is 13.2. The molecule has 0 aromatic carbocycles. The topological polar surface area (TPSA) is 17.1 Å². The molecule has 0 aromatic heterocycles. The van der Waals surface area contributed by atoms with Crippen LogP contribution in [0.2, 0.25) is 0 Å². The first-order valence-electron chi connectivity index (χ1n) is 5.41. The van der Waals surface area contributed by atoms with Gasteiger partial charge in [-0.2, -0.15) is 0 Å². The van der Waals surface area contributed by atoms with Gasteiger partial charge in [0.25, 0.3) is 0 Å². The number of rotatable bonds is 5. The van der Waals surface area contributed by atoms with Gasteiger partial charge in [-0.3, -0.25) is 4.79 Å². The van der Waals surface area contributed by atoms with Crippen LogP contribution in [-0.2, 0) is 4.79 Å². The van der Waals surface area contributed by atoms with Crippen LogP contribution in [0.15, 0.2) is 23.3 Å². The summed E-state index contributed by atoms with van der Waals surface area (Å²) in [5.41, 5.74) is 2.01. The van der Waals surface area contributed by atoms with Crippen molar-refractivity contribution in [1.29, 1.82) is 0 Å². The molecule has 0 N–H and O–H groups in total. The van der Waals surface area contributed by atoms with Crippen molar-refractivity contribution in [3.63, 3.8) is 0 Å². The molecule has 0 bridgehead atoms. The lowest BCUT2D eigenvalue weighted by atomic mass is 10.0. The number of carbonyl (C=O) groups excluding carboxylic acids is 1. The van der Waals surface area contributed by atoms with E-state index in [0.29, 0.717) is 5.92 Å². The largest absolute Gasteiger partial charge is 0.290 e. The predicted molar refractivity (Wildman–Crippen MR) is 62.3 cm³/mol. The molecule has 0 rings (SSSR count). The lowest BCUT2D eigenvalue weighted by Gasteiger charge is -2.03. The molecule has 0 amide bonds. The monoisotopic (exact) mass is 194 g/mol. The fraction of sp³-hybridized carbons (Fsp3) is 0.615. The van der Waals surface area contributed by atoms with Gasteiger partial charge in [-0.1, -0.05) is 38.8 Å².